The fraction of sp³-hybridized carbons (Fsp3) is 0.235. The molecule has 0 heterocycles. The minimum atomic E-state index is -1.00. The van der Waals surface area contributed by atoms with E-state index in [0.29, 0.717) is 5.75 Å². The number of ether oxygens (including phenoxy) is 1. The monoisotopic (exact) mass is 302 g/mol. The molecule has 5 heteroatoms. The first-order valence-electron chi connectivity index (χ1n) is 6.99. The summed E-state index contributed by atoms with van der Waals surface area (Å²) in [5.74, 6) is -0.687. The van der Waals surface area contributed by atoms with Gasteiger partial charge in [-0.1, -0.05) is 18.2 Å². The van der Waals surface area contributed by atoms with Gasteiger partial charge in [-0.05, 0) is 54.7 Å². The van der Waals surface area contributed by atoms with Crippen LogP contribution in [0.5, 0.6) is 17.2 Å². The molecular weight excluding hydrogens is 284 g/mol. The van der Waals surface area contributed by atoms with Gasteiger partial charge in [-0.3, -0.25) is 0 Å². The van der Waals surface area contributed by atoms with E-state index in [2.05, 4.69) is 0 Å². The zero-order valence-electron chi connectivity index (χ0n) is 12.0. The second-order valence-corrected chi connectivity index (χ2v) is 5.01. The van der Waals surface area contributed by atoms with Crippen molar-refractivity contribution < 1.29 is 24.9 Å². The van der Waals surface area contributed by atoms with Crippen LogP contribution >= 0.6 is 0 Å². The molecule has 0 aromatic heterocycles. The number of phenols is 2. The molecular formula is C17H18O5. The first kappa shape index (κ1) is 15.7. The van der Waals surface area contributed by atoms with Gasteiger partial charge in [0, 0.05) is 0 Å². The summed E-state index contributed by atoms with van der Waals surface area (Å²) in [6.45, 7) is -0.351. The Morgan fingerprint density at radius 1 is 0.955 bits per heavy atom. The van der Waals surface area contributed by atoms with Crippen LogP contribution < -0.4 is 4.74 Å². The smallest absolute Gasteiger partial charge is 0.341 e. The maximum absolute atomic E-state index is 10.5. The van der Waals surface area contributed by atoms with E-state index in [4.69, 9.17) is 9.84 Å². The number of carbonyl (C=O) groups is 1. The molecule has 3 N–H and O–H groups in total. The summed E-state index contributed by atoms with van der Waals surface area (Å²) >= 11 is 0. The van der Waals surface area contributed by atoms with Gasteiger partial charge in [-0.25, -0.2) is 4.79 Å². The summed E-state index contributed by atoms with van der Waals surface area (Å²) in [4.78, 5) is 10.5. The Bertz CT molecular complexity index is 651. The summed E-state index contributed by atoms with van der Waals surface area (Å²) in [5.41, 5.74) is 2.01. The van der Waals surface area contributed by atoms with Gasteiger partial charge in [0.25, 0.3) is 0 Å². The van der Waals surface area contributed by atoms with Crippen molar-refractivity contribution in [3.8, 4) is 17.2 Å². The average Bonchev–Trinajstić information content (AvgIpc) is 2.49. The molecule has 0 amide bonds. The van der Waals surface area contributed by atoms with E-state index in [0.717, 1.165) is 30.4 Å². The van der Waals surface area contributed by atoms with Crippen LogP contribution in [0.4, 0.5) is 0 Å². The van der Waals surface area contributed by atoms with Gasteiger partial charge in [0.2, 0.25) is 0 Å². The molecule has 22 heavy (non-hydrogen) atoms. The standard InChI is InChI=1S/C17H18O5/c18-15-8-7-13(10-16(15)19)4-1-3-12-5-2-6-14(9-12)22-11-17(20)21/h2,5-10,18-19H,1,3-4,11H2,(H,20,21). The number of hydrogen-bond donors (Lipinski definition) is 3. The predicted octanol–water partition coefficient (Wildman–Crippen LogP) is 2.74. The summed E-state index contributed by atoms with van der Waals surface area (Å²) in [7, 11) is 0. The lowest BCUT2D eigenvalue weighted by Crippen LogP contribution is -2.09. The van der Waals surface area contributed by atoms with Gasteiger partial charge < -0.3 is 20.1 Å². The first-order valence-corrected chi connectivity index (χ1v) is 6.99. The molecule has 0 unspecified atom stereocenters. The number of aliphatic carboxylic acids is 1. The summed E-state index contributed by atoms with van der Waals surface area (Å²) < 4.78 is 5.14. The van der Waals surface area contributed by atoms with Crippen molar-refractivity contribution in [3.05, 3.63) is 53.6 Å². The number of hydrogen-bond acceptors (Lipinski definition) is 4. The lowest BCUT2D eigenvalue weighted by atomic mass is 10.0. The van der Waals surface area contributed by atoms with Crippen LogP contribution in [0, 0.1) is 0 Å². The SMILES string of the molecule is O=C(O)COc1cccc(CCCc2ccc(O)c(O)c2)c1. The lowest BCUT2D eigenvalue weighted by molar-refractivity contribution is -0.139. The van der Waals surface area contributed by atoms with E-state index in [1.165, 1.54) is 6.07 Å². The predicted molar refractivity (Wildman–Crippen MR) is 81.4 cm³/mol. The largest absolute Gasteiger partial charge is 0.504 e. The van der Waals surface area contributed by atoms with E-state index in [-0.39, 0.29) is 18.1 Å². The van der Waals surface area contributed by atoms with E-state index in [9.17, 15) is 15.0 Å². The van der Waals surface area contributed by atoms with Gasteiger partial charge in [0.15, 0.2) is 18.1 Å². The van der Waals surface area contributed by atoms with Crippen LogP contribution in [0.3, 0.4) is 0 Å². The van der Waals surface area contributed by atoms with Crippen molar-refractivity contribution >= 4 is 5.97 Å². The highest BCUT2D eigenvalue weighted by atomic mass is 16.5. The van der Waals surface area contributed by atoms with Crippen molar-refractivity contribution in [2.24, 2.45) is 0 Å². The van der Waals surface area contributed by atoms with E-state index >= 15 is 0 Å². The fourth-order valence-corrected chi connectivity index (χ4v) is 2.16. The third-order valence-corrected chi connectivity index (χ3v) is 3.23. The number of aromatic hydroxyl groups is 2. The van der Waals surface area contributed by atoms with E-state index in [1.54, 1.807) is 18.2 Å². The number of aryl methyl sites for hydroxylation is 2. The molecule has 0 radical (unpaired) electrons. The van der Waals surface area contributed by atoms with Crippen LogP contribution in [0.25, 0.3) is 0 Å². The second kappa shape index (κ2) is 7.36. The van der Waals surface area contributed by atoms with Crippen LogP contribution in [-0.4, -0.2) is 27.9 Å². The van der Waals surface area contributed by atoms with Crippen molar-refractivity contribution in [2.75, 3.05) is 6.61 Å². The van der Waals surface area contributed by atoms with E-state index in [1.807, 2.05) is 18.2 Å². The lowest BCUT2D eigenvalue weighted by Gasteiger charge is -2.07. The van der Waals surface area contributed by atoms with Crippen molar-refractivity contribution in [2.45, 2.75) is 19.3 Å². The first-order chi connectivity index (χ1) is 10.5. The Balaban J connectivity index is 1.87. The minimum Gasteiger partial charge on any atom is -0.504 e. The highest BCUT2D eigenvalue weighted by molar-refractivity contribution is 5.68. The molecule has 0 aliphatic rings. The van der Waals surface area contributed by atoms with Gasteiger partial charge >= 0.3 is 5.97 Å². The Morgan fingerprint density at radius 3 is 2.36 bits per heavy atom. The third kappa shape index (κ3) is 4.70. The van der Waals surface area contributed by atoms with Gasteiger partial charge in [0.1, 0.15) is 5.75 Å². The Kier molecular flexibility index (Phi) is 5.25. The summed E-state index contributed by atoms with van der Waals surface area (Å²) in [5, 5.41) is 27.3. The third-order valence-electron chi connectivity index (χ3n) is 3.23. The summed E-state index contributed by atoms with van der Waals surface area (Å²) in [6, 6.07) is 12.2. The zero-order chi connectivity index (χ0) is 15.9. The molecule has 116 valence electrons. The second-order valence-electron chi connectivity index (χ2n) is 5.01. The molecule has 2 aromatic rings. The fourth-order valence-electron chi connectivity index (χ4n) is 2.16. The number of carboxylic acids is 1. The van der Waals surface area contributed by atoms with Crippen LogP contribution in [0.2, 0.25) is 0 Å². The van der Waals surface area contributed by atoms with Crippen LogP contribution in [-0.2, 0) is 17.6 Å². The van der Waals surface area contributed by atoms with Crippen LogP contribution in [0.15, 0.2) is 42.5 Å². The number of phenolic OH excluding ortho intramolecular Hbond substituents is 2. The molecule has 0 aliphatic carbocycles. The van der Waals surface area contributed by atoms with Gasteiger partial charge in [-0.15, -0.1) is 0 Å². The molecule has 0 atom stereocenters. The van der Waals surface area contributed by atoms with Crippen LogP contribution in [0.1, 0.15) is 17.5 Å². The zero-order valence-corrected chi connectivity index (χ0v) is 12.0. The minimum absolute atomic E-state index is 0.110. The molecule has 2 rings (SSSR count). The number of rotatable bonds is 7. The van der Waals surface area contributed by atoms with Crippen molar-refractivity contribution in [1.82, 2.24) is 0 Å². The normalized spacial score (nSPS) is 10.4. The molecule has 0 saturated carbocycles. The molecule has 2 aromatic carbocycles. The molecule has 0 bridgehead atoms. The highest BCUT2D eigenvalue weighted by Crippen LogP contribution is 2.25. The molecule has 0 aliphatic heterocycles. The Hall–Kier alpha value is -2.69. The molecule has 0 fully saturated rings. The maximum atomic E-state index is 10.5. The Morgan fingerprint density at radius 2 is 1.68 bits per heavy atom. The molecule has 0 saturated heterocycles. The van der Waals surface area contributed by atoms with Crippen molar-refractivity contribution in [1.29, 1.82) is 0 Å². The number of benzene rings is 2. The summed E-state index contributed by atoms with van der Waals surface area (Å²) in [6.07, 6.45) is 2.45. The maximum Gasteiger partial charge on any atom is 0.341 e. The molecule has 0 spiro atoms. The average molecular weight is 302 g/mol. The topological polar surface area (TPSA) is 87.0 Å². The number of carboxylic acid groups (broad SMARTS) is 1. The van der Waals surface area contributed by atoms with E-state index < -0.39 is 5.97 Å². The Labute approximate surface area is 128 Å². The highest BCUT2D eigenvalue weighted by Gasteiger charge is 2.03. The van der Waals surface area contributed by atoms with Gasteiger partial charge in [-0.2, -0.15) is 0 Å². The molecule has 5 nitrogen and oxygen atoms in total. The quantitative estimate of drug-likeness (QED) is 0.685. The van der Waals surface area contributed by atoms with Gasteiger partial charge in [0.05, 0.1) is 0 Å². The van der Waals surface area contributed by atoms with Crippen molar-refractivity contribution in [3.63, 3.8) is 0 Å².